The van der Waals surface area contributed by atoms with Gasteiger partial charge in [-0.15, -0.1) is 0 Å². The molecule has 4 aliphatic heterocycles. The van der Waals surface area contributed by atoms with Gasteiger partial charge in [0.05, 0.1) is 31.3 Å². The summed E-state index contributed by atoms with van der Waals surface area (Å²) in [7, 11) is 0. The number of hydrogen-bond acceptors (Lipinski definition) is 8. The maximum absolute atomic E-state index is 13.2. The van der Waals surface area contributed by atoms with Crippen LogP contribution >= 0.6 is 0 Å². The highest BCUT2D eigenvalue weighted by atomic mass is 16.7. The highest BCUT2D eigenvalue weighted by Crippen LogP contribution is 2.79. The van der Waals surface area contributed by atoms with Gasteiger partial charge in [0, 0.05) is 28.4 Å². The Morgan fingerprint density at radius 2 is 1.91 bits per heavy atom. The van der Waals surface area contributed by atoms with E-state index in [1.165, 1.54) is 6.08 Å². The number of hydrogen-bond donors (Lipinski definition) is 1. The molecular weight excluding hydrogens is 440 g/mol. The summed E-state index contributed by atoms with van der Waals surface area (Å²) in [5.74, 6) is -1.08. The number of rotatable bonds is 1. The van der Waals surface area contributed by atoms with Crippen molar-refractivity contribution in [2.75, 3.05) is 6.61 Å². The summed E-state index contributed by atoms with van der Waals surface area (Å²) in [6.45, 7) is 8.43. The molecule has 182 valence electrons. The third-order valence-corrected chi connectivity index (χ3v) is 10.6. The maximum Gasteiger partial charge on any atom is 0.339 e. The SMILES string of the molecule is C[C@]12C=CC(=O)O[C@]3(C)CO[C@@H]([C@@H](O)[C@]4(C)[C@@H]1CC[C@@]1(C)[C@H](c5ccoc5)OC(=O)[C@@H]5O[C@@]541)[C@@H]23. The Kier molecular flexibility index (Phi) is 3.71. The van der Waals surface area contributed by atoms with Crippen molar-refractivity contribution < 1.29 is 38.1 Å². The van der Waals surface area contributed by atoms with E-state index in [4.69, 9.17) is 23.4 Å². The lowest BCUT2D eigenvalue weighted by molar-refractivity contribution is -0.265. The van der Waals surface area contributed by atoms with Crippen LogP contribution in [0.1, 0.15) is 52.2 Å². The molecule has 7 rings (SSSR count). The molecule has 34 heavy (non-hydrogen) atoms. The smallest absolute Gasteiger partial charge is 0.339 e. The van der Waals surface area contributed by atoms with Crippen molar-refractivity contribution in [3.8, 4) is 0 Å². The molecule has 6 aliphatic rings. The molecule has 0 radical (unpaired) electrons. The number of esters is 2. The van der Waals surface area contributed by atoms with Crippen molar-refractivity contribution in [2.24, 2.45) is 28.1 Å². The van der Waals surface area contributed by atoms with Gasteiger partial charge in [-0.05, 0) is 37.2 Å². The number of ether oxygens (including phenoxy) is 4. The lowest BCUT2D eigenvalue weighted by Crippen LogP contribution is -2.74. The quantitative estimate of drug-likeness (QED) is 0.493. The molecule has 5 heterocycles. The van der Waals surface area contributed by atoms with Crippen LogP contribution in [0.25, 0.3) is 0 Å². The molecule has 1 aromatic rings. The number of carbonyl (C=O) groups excluding carboxylic acids is 2. The average molecular weight is 471 g/mol. The van der Waals surface area contributed by atoms with E-state index < -0.39 is 57.8 Å². The summed E-state index contributed by atoms with van der Waals surface area (Å²) in [5, 5.41) is 12.1. The van der Waals surface area contributed by atoms with E-state index >= 15 is 0 Å². The topological polar surface area (TPSA) is 108 Å². The highest BCUT2D eigenvalue weighted by molar-refractivity contribution is 5.84. The molecule has 3 saturated heterocycles. The summed E-state index contributed by atoms with van der Waals surface area (Å²) < 4.78 is 29.8. The lowest BCUT2D eigenvalue weighted by Gasteiger charge is -2.67. The molecule has 8 heteroatoms. The Labute approximate surface area is 197 Å². The molecule has 0 bridgehead atoms. The molecule has 1 aromatic heterocycles. The Balaban J connectivity index is 1.43. The normalized spacial score (nSPS) is 56.9. The van der Waals surface area contributed by atoms with Crippen LogP contribution < -0.4 is 0 Å². The Hall–Kier alpha value is -2.16. The number of cyclic esters (lactones) is 1. The Morgan fingerprint density at radius 1 is 1.12 bits per heavy atom. The number of furan rings is 1. The first-order valence-electron chi connectivity index (χ1n) is 12.2. The van der Waals surface area contributed by atoms with Gasteiger partial charge in [-0.1, -0.05) is 26.8 Å². The fourth-order valence-corrected chi connectivity index (χ4v) is 9.35. The van der Waals surface area contributed by atoms with E-state index in [2.05, 4.69) is 13.8 Å². The van der Waals surface area contributed by atoms with E-state index in [0.29, 0.717) is 0 Å². The van der Waals surface area contributed by atoms with Crippen molar-refractivity contribution in [3.63, 3.8) is 0 Å². The van der Waals surface area contributed by atoms with E-state index in [9.17, 15) is 14.7 Å². The Morgan fingerprint density at radius 3 is 2.65 bits per heavy atom. The van der Waals surface area contributed by atoms with E-state index in [1.807, 2.05) is 26.0 Å². The number of fused-ring (bicyclic) bond motifs is 2. The van der Waals surface area contributed by atoms with Gasteiger partial charge in [0.2, 0.25) is 0 Å². The molecule has 1 N–H and O–H groups in total. The van der Waals surface area contributed by atoms with Gasteiger partial charge in [-0.25, -0.2) is 9.59 Å². The summed E-state index contributed by atoms with van der Waals surface area (Å²) in [6.07, 6.45) is 5.42. The molecule has 2 saturated carbocycles. The zero-order chi connectivity index (χ0) is 23.9. The molecule has 0 unspecified atom stereocenters. The molecule has 2 aliphatic carbocycles. The molecule has 0 amide bonds. The van der Waals surface area contributed by atoms with Crippen molar-refractivity contribution in [1.29, 1.82) is 0 Å². The Bertz CT molecular complexity index is 1130. The standard InChI is InChI=1S/C26H30O8/c1-22-8-6-15(27)33-24(3)12-31-16(17(22)24)18(28)25(4)14(22)5-9-23(2)19(13-7-10-30-11-13)32-21(29)20-26(23,25)34-20/h6-8,10-11,14,16-20,28H,5,9,12H2,1-4H3/t14-,16-,17+,18-,19+,20+,22+,23+,24-,25+,26-/m1/s1. The zero-order valence-electron chi connectivity index (χ0n) is 19.8. The first kappa shape index (κ1) is 21.1. The van der Waals surface area contributed by atoms with Gasteiger partial charge < -0.3 is 28.5 Å². The summed E-state index contributed by atoms with van der Waals surface area (Å²) in [5.41, 5.74) is -2.89. The minimum Gasteiger partial charge on any atom is -0.472 e. The van der Waals surface area contributed by atoms with Gasteiger partial charge in [-0.2, -0.15) is 0 Å². The lowest BCUT2D eigenvalue weighted by atomic mass is 9.37. The van der Waals surface area contributed by atoms with E-state index in [0.717, 1.165) is 18.4 Å². The van der Waals surface area contributed by atoms with Crippen LogP contribution in [0.2, 0.25) is 0 Å². The summed E-state index contributed by atoms with van der Waals surface area (Å²) in [4.78, 5) is 25.7. The highest BCUT2D eigenvalue weighted by Gasteiger charge is 2.89. The summed E-state index contributed by atoms with van der Waals surface area (Å²) in [6, 6.07) is 1.82. The van der Waals surface area contributed by atoms with Gasteiger partial charge in [0.1, 0.15) is 17.3 Å². The van der Waals surface area contributed by atoms with Crippen LogP contribution in [0.4, 0.5) is 0 Å². The van der Waals surface area contributed by atoms with Crippen molar-refractivity contribution in [3.05, 3.63) is 36.3 Å². The molecule has 1 spiro atoms. The predicted molar refractivity (Wildman–Crippen MR) is 115 cm³/mol. The van der Waals surface area contributed by atoms with Crippen LogP contribution in [0, 0.1) is 28.1 Å². The fourth-order valence-electron chi connectivity index (χ4n) is 9.35. The third-order valence-electron chi connectivity index (χ3n) is 10.6. The molecule has 8 nitrogen and oxygen atoms in total. The number of allylic oxidation sites excluding steroid dienone is 1. The predicted octanol–water partition coefficient (Wildman–Crippen LogP) is 2.71. The van der Waals surface area contributed by atoms with Crippen LogP contribution in [0.5, 0.6) is 0 Å². The summed E-state index contributed by atoms with van der Waals surface area (Å²) >= 11 is 0. The zero-order valence-corrected chi connectivity index (χ0v) is 19.8. The fraction of sp³-hybridized carbons (Fsp3) is 0.692. The molecule has 5 fully saturated rings. The van der Waals surface area contributed by atoms with Gasteiger partial charge >= 0.3 is 11.9 Å². The largest absolute Gasteiger partial charge is 0.472 e. The van der Waals surface area contributed by atoms with E-state index in [1.54, 1.807) is 12.5 Å². The van der Waals surface area contributed by atoms with Crippen molar-refractivity contribution >= 4 is 11.9 Å². The van der Waals surface area contributed by atoms with E-state index in [-0.39, 0.29) is 24.4 Å². The average Bonchev–Trinajstić information content (AvgIpc) is 3.21. The molecule has 0 aromatic carbocycles. The van der Waals surface area contributed by atoms with Gasteiger partial charge in [-0.3, -0.25) is 0 Å². The van der Waals surface area contributed by atoms with Crippen LogP contribution in [-0.2, 0) is 28.5 Å². The second-order valence-electron chi connectivity index (χ2n) is 12.0. The number of carbonyl (C=O) groups is 2. The van der Waals surface area contributed by atoms with Crippen LogP contribution in [0.15, 0.2) is 35.2 Å². The molecular formula is C26H30O8. The molecule has 11 atom stereocenters. The van der Waals surface area contributed by atoms with Crippen molar-refractivity contribution in [1.82, 2.24) is 0 Å². The van der Waals surface area contributed by atoms with Crippen LogP contribution in [-0.4, -0.2) is 53.2 Å². The first-order chi connectivity index (χ1) is 16.0. The second kappa shape index (κ2) is 5.97. The minimum absolute atomic E-state index is 0.0722. The third kappa shape index (κ3) is 2.02. The van der Waals surface area contributed by atoms with Crippen LogP contribution in [0.3, 0.4) is 0 Å². The van der Waals surface area contributed by atoms with Gasteiger partial charge in [0.15, 0.2) is 6.10 Å². The first-order valence-corrected chi connectivity index (χ1v) is 12.2. The number of aliphatic hydroxyl groups excluding tert-OH is 1. The minimum atomic E-state index is -0.930. The number of aliphatic hydroxyl groups is 1. The second-order valence-corrected chi connectivity index (χ2v) is 12.0. The van der Waals surface area contributed by atoms with Crippen molar-refractivity contribution in [2.45, 2.75) is 76.2 Å². The number of epoxide rings is 1. The monoisotopic (exact) mass is 470 g/mol. The maximum atomic E-state index is 13.2. The van der Waals surface area contributed by atoms with Gasteiger partial charge in [0.25, 0.3) is 0 Å².